The average molecular weight is 572 g/mol. The molecule has 2 bridgehead atoms. The molecule has 1 aliphatic carbocycles. The van der Waals surface area contributed by atoms with E-state index < -0.39 is 18.3 Å². The number of hydrogen-bond acceptors (Lipinski definition) is 7. The van der Waals surface area contributed by atoms with Crippen LogP contribution < -0.4 is 10.2 Å². The van der Waals surface area contributed by atoms with Crippen LogP contribution in [-0.4, -0.2) is 88.0 Å². The summed E-state index contributed by atoms with van der Waals surface area (Å²) in [6, 6.07) is 10.5. The van der Waals surface area contributed by atoms with Gasteiger partial charge in [0.1, 0.15) is 18.0 Å². The predicted molar refractivity (Wildman–Crippen MR) is 160 cm³/mol. The Morgan fingerprint density at radius 3 is 2.48 bits per heavy atom. The fraction of sp³-hybridized carbons (Fsp3) is 0.469. The zero-order valence-corrected chi connectivity index (χ0v) is 24.2. The summed E-state index contributed by atoms with van der Waals surface area (Å²) in [6.07, 6.45) is 6.49. The molecule has 2 saturated heterocycles. The average Bonchev–Trinajstić information content (AvgIpc) is 3.56. The maximum absolute atomic E-state index is 14.8. The van der Waals surface area contributed by atoms with E-state index in [2.05, 4.69) is 37.1 Å². The van der Waals surface area contributed by atoms with Crippen LogP contribution >= 0.6 is 0 Å². The molecule has 10 heteroatoms. The van der Waals surface area contributed by atoms with E-state index in [0.29, 0.717) is 31.4 Å². The Kier molecular flexibility index (Phi) is 8.15. The molecule has 3 aromatic heterocycles. The number of pyridine rings is 3. The van der Waals surface area contributed by atoms with Crippen LogP contribution in [0.2, 0.25) is 0 Å². The zero-order valence-electron chi connectivity index (χ0n) is 24.2. The molecule has 0 aromatic carbocycles. The van der Waals surface area contributed by atoms with Crippen LogP contribution in [0.25, 0.3) is 11.4 Å². The first-order valence-corrected chi connectivity index (χ1v) is 14.9. The zero-order chi connectivity index (χ0) is 29.2. The van der Waals surface area contributed by atoms with Crippen LogP contribution in [-0.2, 0) is 16.0 Å². The first-order valence-electron chi connectivity index (χ1n) is 14.9. The highest BCUT2D eigenvalue weighted by atomic mass is 19.1. The molecule has 4 atom stereocenters. The number of alkyl halides is 1. The van der Waals surface area contributed by atoms with E-state index in [0.717, 1.165) is 54.5 Å². The van der Waals surface area contributed by atoms with Crippen molar-refractivity contribution < 1.29 is 14.0 Å². The molecule has 1 N–H and O–H groups in total. The van der Waals surface area contributed by atoms with Gasteiger partial charge in [-0.05, 0) is 93.1 Å². The second kappa shape index (κ2) is 12.1. The molecule has 3 aliphatic rings. The summed E-state index contributed by atoms with van der Waals surface area (Å²) in [4.78, 5) is 46.4. The van der Waals surface area contributed by atoms with E-state index in [-0.39, 0.29) is 24.2 Å². The monoisotopic (exact) mass is 571 g/mol. The Morgan fingerprint density at radius 2 is 1.74 bits per heavy atom. The largest absolute Gasteiger partial charge is 0.354 e. The van der Waals surface area contributed by atoms with Gasteiger partial charge in [-0.2, -0.15) is 0 Å². The minimum Gasteiger partial charge on any atom is -0.354 e. The number of likely N-dealkylation sites (tertiary alicyclic amines) is 1. The van der Waals surface area contributed by atoms with Gasteiger partial charge in [0.05, 0.1) is 29.3 Å². The maximum Gasteiger partial charge on any atom is 0.247 e. The van der Waals surface area contributed by atoms with Crippen molar-refractivity contribution in [3.63, 3.8) is 0 Å². The Labute approximate surface area is 246 Å². The van der Waals surface area contributed by atoms with Gasteiger partial charge in [-0.3, -0.25) is 19.6 Å². The number of carbonyl (C=O) groups excluding carboxylic acids is 2. The number of piperazine rings is 1. The minimum atomic E-state index is -1.09. The predicted octanol–water partition coefficient (Wildman–Crippen LogP) is 3.89. The first kappa shape index (κ1) is 28.2. The van der Waals surface area contributed by atoms with Gasteiger partial charge in [0.2, 0.25) is 11.8 Å². The highest BCUT2D eigenvalue weighted by Gasteiger charge is 2.55. The lowest BCUT2D eigenvalue weighted by molar-refractivity contribution is -0.142. The van der Waals surface area contributed by atoms with E-state index >= 15 is 0 Å². The van der Waals surface area contributed by atoms with Crippen molar-refractivity contribution in [2.45, 2.75) is 57.3 Å². The van der Waals surface area contributed by atoms with Crippen LogP contribution in [0.3, 0.4) is 0 Å². The number of hydrogen-bond donors (Lipinski definition) is 1. The molecule has 9 nitrogen and oxygen atoms in total. The molecule has 42 heavy (non-hydrogen) atoms. The SMILES string of the molecule is Cc1ccnc(-c2cc(CCCC(=O)N3C4CC(C[C@H]4F)[C@@H]3C(=O)Nc3ccc(N4CCN(C)CC4)nc3)ccn2)c1. The van der Waals surface area contributed by atoms with Crippen molar-refractivity contribution in [3.8, 4) is 11.4 Å². The normalized spacial score (nSPS) is 23.8. The van der Waals surface area contributed by atoms with Gasteiger partial charge in [-0.25, -0.2) is 9.37 Å². The van der Waals surface area contributed by atoms with Crippen molar-refractivity contribution in [3.05, 3.63) is 66.1 Å². The van der Waals surface area contributed by atoms with Gasteiger partial charge in [0.15, 0.2) is 0 Å². The Bertz CT molecular complexity index is 1430. The number of halogens is 1. The molecule has 5 heterocycles. The van der Waals surface area contributed by atoms with Crippen molar-refractivity contribution in [1.82, 2.24) is 24.8 Å². The van der Waals surface area contributed by atoms with Crippen molar-refractivity contribution in [2.75, 3.05) is 43.4 Å². The number of rotatable bonds is 8. The lowest BCUT2D eigenvalue weighted by Gasteiger charge is -2.36. The van der Waals surface area contributed by atoms with E-state index in [1.165, 1.54) is 4.90 Å². The molecule has 2 unspecified atom stereocenters. The number of carbonyl (C=O) groups is 2. The molecule has 220 valence electrons. The van der Waals surface area contributed by atoms with Crippen LogP contribution in [0, 0.1) is 12.8 Å². The van der Waals surface area contributed by atoms with Crippen LogP contribution in [0.4, 0.5) is 15.9 Å². The summed E-state index contributed by atoms with van der Waals surface area (Å²) in [5.41, 5.74) is 4.36. The number of piperidine rings is 1. The first-order chi connectivity index (χ1) is 20.4. The molecule has 1 saturated carbocycles. The lowest BCUT2D eigenvalue weighted by Crippen LogP contribution is -2.54. The second-order valence-corrected chi connectivity index (χ2v) is 11.9. The number of aryl methyl sites for hydroxylation is 2. The number of likely N-dealkylation sites (N-methyl/N-ethyl adjacent to an activating group) is 1. The Morgan fingerprint density at radius 1 is 0.976 bits per heavy atom. The topological polar surface area (TPSA) is 94.6 Å². The smallest absolute Gasteiger partial charge is 0.247 e. The second-order valence-electron chi connectivity index (χ2n) is 11.9. The Hall–Kier alpha value is -3.92. The van der Waals surface area contributed by atoms with Crippen molar-refractivity contribution in [1.29, 1.82) is 0 Å². The summed E-state index contributed by atoms with van der Waals surface area (Å²) in [6.45, 7) is 5.81. The van der Waals surface area contributed by atoms with Gasteiger partial charge >= 0.3 is 0 Å². The summed E-state index contributed by atoms with van der Waals surface area (Å²) >= 11 is 0. The van der Waals surface area contributed by atoms with Crippen LogP contribution in [0.5, 0.6) is 0 Å². The Balaban J connectivity index is 1.07. The van der Waals surface area contributed by atoms with E-state index in [9.17, 15) is 14.0 Å². The number of amides is 2. The molecule has 3 fully saturated rings. The van der Waals surface area contributed by atoms with Crippen molar-refractivity contribution >= 4 is 23.3 Å². The maximum atomic E-state index is 14.8. The standard InChI is InChI=1S/C32H38FN7O2/c1-21-8-10-34-26(16-21)27-17-22(9-11-35-27)4-3-5-30(41)40-28-19-23(18-25(28)33)31(40)32(42)37-24-6-7-29(36-20-24)39-14-12-38(2)13-15-39/h6-11,16-17,20,23,25,28,31H,3-5,12-15,18-19H2,1-2H3,(H,37,42)/t23?,25-,28?,31-/m1/s1. The highest BCUT2D eigenvalue weighted by Crippen LogP contribution is 2.45. The third kappa shape index (κ3) is 5.99. The summed E-state index contributed by atoms with van der Waals surface area (Å²) in [5, 5.41) is 2.96. The molecule has 2 amide bonds. The van der Waals surface area contributed by atoms with Crippen molar-refractivity contribution in [2.24, 2.45) is 5.92 Å². The number of aromatic nitrogens is 3. The number of fused-ring (bicyclic) bond motifs is 2. The summed E-state index contributed by atoms with van der Waals surface area (Å²) < 4.78 is 14.8. The molecule has 3 aromatic rings. The van der Waals surface area contributed by atoms with Gasteiger partial charge in [0, 0.05) is 45.0 Å². The van der Waals surface area contributed by atoms with Crippen LogP contribution in [0.1, 0.15) is 36.8 Å². The molecule has 0 radical (unpaired) electrons. The number of nitrogens with one attached hydrogen (secondary N) is 1. The number of anilines is 2. The van der Waals surface area contributed by atoms with Gasteiger partial charge in [-0.1, -0.05) is 0 Å². The van der Waals surface area contributed by atoms with Crippen LogP contribution in [0.15, 0.2) is 55.0 Å². The van der Waals surface area contributed by atoms with Gasteiger partial charge in [-0.15, -0.1) is 0 Å². The van der Waals surface area contributed by atoms with E-state index in [1.807, 2.05) is 43.3 Å². The number of nitrogens with zero attached hydrogens (tertiary/aromatic N) is 6. The quantitative estimate of drug-likeness (QED) is 0.439. The molecule has 6 rings (SSSR count). The molecular formula is C32H38FN7O2. The molecular weight excluding hydrogens is 533 g/mol. The van der Waals surface area contributed by atoms with Gasteiger partial charge < -0.3 is 20.0 Å². The molecule has 0 spiro atoms. The fourth-order valence-electron chi connectivity index (χ4n) is 6.58. The van der Waals surface area contributed by atoms with E-state index in [1.54, 1.807) is 18.6 Å². The summed E-state index contributed by atoms with van der Waals surface area (Å²) in [5.74, 6) is 0.287. The van der Waals surface area contributed by atoms with E-state index in [4.69, 9.17) is 0 Å². The highest BCUT2D eigenvalue weighted by molar-refractivity contribution is 5.98. The fourth-order valence-corrected chi connectivity index (χ4v) is 6.58. The van der Waals surface area contributed by atoms with Gasteiger partial charge in [0.25, 0.3) is 0 Å². The lowest BCUT2D eigenvalue weighted by atomic mass is 9.96. The third-order valence-electron chi connectivity index (χ3n) is 8.85. The third-order valence-corrected chi connectivity index (χ3v) is 8.85. The minimum absolute atomic E-state index is 0.164. The molecule has 2 aliphatic heterocycles. The summed E-state index contributed by atoms with van der Waals surface area (Å²) in [7, 11) is 2.11.